The minimum atomic E-state index is -1.05. The first-order valence-electron chi connectivity index (χ1n) is 10.6. The molecule has 0 aliphatic rings. The van der Waals surface area contributed by atoms with Gasteiger partial charge in [0.05, 0.1) is 1.37 Å². The van der Waals surface area contributed by atoms with Gasteiger partial charge in [0.1, 0.15) is 11.9 Å². The lowest BCUT2D eigenvalue weighted by atomic mass is 9.81. The molecule has 2 nitrogen and oxygen atoms in total. The van der Waals surface area contributed by atoms with E-state index < -0.39 is 7.00 Å². The molecule has 0 aliphatic carbocycles. The van der Waals surface area contributed by atoms with Crippen molar-refractivity contribution >= 4 is 0 Å². The molecule has 0 spiro atoms. The molecule has 0 aliphatic heterocycles. The lowest BCUT2D eigenvalue weighted by Gasteiger charge is -2.30. The molecule has 136 valence electrons. The van der Waals surface area contributed by atoms with E-state index in [-0.39, 0.29) is 11.5 Å². The predicted octanol–water partition coefficient (Wildman–Crippen LogP) is 5.64. The van der Waals surface area contributed by atoms with Crippen molar-refractivity contribution in [3.63, 3.8) is 0 Å². The molecule has 0 aromatic heterocycles. The molecule has 2 aromatic carbocycles. The van der Waals surface area contributed by atoms with Gasteiger partial charge in [-0.25, -0.2) is 0 Å². The zero-order valence-electron chi connectivity index (χ0n) is 19.4. The van der Waals surface area contributed by atoms with E-state index in [2.05, 4.69) is 26.1 Å². The van der Waals surface area contributed by atoms with Crippen molar-refractivity contribution in [2.75, 3.05) is 13.5 Å². The lowest BCUT2D eigenvalue weighted by molar-refractivity contribution is 0.189. The fourth-order valence-corrected chi connectivity index (χ4v) is 3.33. The van der Waals surface area contributed by atoms with Crippen molar-refractivity contribution in [1.29, 1.82) is 0 Å². The molecule has 0 radical (unpaired) electrons. The van der Waals surface area contributed by atoms with Crippen molar-refractivity contribution in [3.8, 4) is 5.75 Å². The van der Waals surface area contributed by atoms with Gasteiger partial charge < -0.3 is 10.1 Å². The Morgan fingerprint density at radius 1 is 1.12 bits per heavy atom. The van der Waals surface area contributed by atoms with Crippen molar-refractivity contribution < 1.29 is 8.85 Å². The van der Waals surface area contributed by atoms with E-state index >= 15 is 0 Å². The zero-order chi connectivity index (χ0) is 21.1. The zero-order valence-corrected chi connectivity index (χ0v) is 16.4. The largest absolute Gasteiger partial charge is 0.485 e. The summed E-state index contributed by atoms with van der Waals surface area (Å²) in [5.74, 6) is 0.862. The summed E-state index contributed by atoms with van der Waals surface area (Å²) in [6, 6.07) is 10.7. The van der Waals surface area contributed by atoms with Crippen molar-refractivity contribution in [1.82, 2.24) is 5.32 Å². The van der Waals surface area contributed by atoms with E-state index in [1.807, 2.05) is 51.1 Å². The summed E-state index contributed by atoms with van der Waals surface area (Å²) < 4.78 is 29.9. The van der Waals surface area contributed by atoms with Gasteiger partial charge in [-0.2, -0.15) is 0 Å². The maximum atomic E-state index is 8.50. The van der Waals surface area contributed by atoms with Crippen LogP contribution >= 0.6 is 0 Å². The average Bonchev–Trinajstić information content (AvgIpc) is 2.62. The van der Waals surface area contributed by atoms with E-state index in [1.54, 1.807) is 0 Å². The first-order valence-corrected chi connectivity index (χ1v) is 8.94. The van der Waals surface area contributed by atoms with Crippen molar-refractivity contribution in [2.24, 2.45) is 0 Å². The van der Waals surface area contributed by atoms with E-state index in [4.69, 9.17) is 8.85 Å². The fourth-order valence-electron chi connectivity index (χ4n) is 3.33. The van der Waals surface area contributed by atoms with Gasteiger partial charge in [-0.05, 0) is 62.0 Å². The monoisotopic (exact) mass is 342 g/mol. The highest BCUT2D eigenvalue weighted by molar-refractivity contribution is 5.53. The highest BCUT2D eigenvalue weighted by atomic mass is 16.5. The third-order valence-corrected chi connectivity index (χ3v) is 4.61. The van der Waals surface area contributed by atoms with Gasteiger partial charge in [0.15, 0.2) is 0 Å². The van der Waals surface area contributed by atoms with Crippen LogP contribution in [0.15, 0.2) is 36.4 Å². The third kappa shape index (κ3) is 4.64. The highest BCUT2D eigenvalue weighted by Gasteiger charge is 2.26. The van der Waals surface area contributed by atoms with Crippen LogP contribution < -0.4 is 10.1 Å². The second-order valence-corrected chi connectivity index (χ2v) is 7.71. The summed E-state index contributed by atoms with van der Waals surface area (Å²) >= 11 is 0. The van der Waals surface area contributed by atoms with Crippen LogP contribution in [0.1, 0.15) is 65.2 Å². The van der Waals surface area contributed by atoms with Crippen molar-refractivity contribution in [3.05, 3.63) is 64.2 Å². The maximum absolute atomic E-state index is 8.50. The Hall–Kier alpha value is -1.80. The quantitative estimate of drug-likeness (QED) is 0.733. The van der Waals surface area contributed by atoms with Crippen LogP contribution in [-0.4, -0.2) is 13.5 Å². The molecule has 0 bridgehead atoms. The van der Waals surface area contributed by atoms with Gasteiger partial charge in [-0.1, -0.05) is 57.1 Å². The van der Waals surface area contributed by atoms with Gasteiger partial charge >= 0.3 is 0 Å². The van der Waals surface area contributed by atoms with E-state index in [1.165, 1.54) is 0 Å². The van der Waals surface area contributed by atoms with Crippen LogP contribution in [-0.2, 0) is 5.41 Å². The predicted molar refractivity (Wildman–Crippen MR) is 108 cm³/mol. The van der Waals surface area contributed by atoms with Gasteiger partial charge in [-0.3, -0.25) is 0 Å². The van der Waals surface area contributed by atoms with Gasteiger partial charge in [0, 0.05) is 14.7 Å². The Kier molecular flexibility index (Phi) is 4.98. The average molecular weight is 343 g/mol. The molecule has 25 heavy (non-hydrogen) atoms. The summed E-state index contributed by atoms with van der Waals surface area (Å²) in [6.45, 7) is 12.0. The SMILES string of the molecule is [2H]c1c(C)c(C)c(O[C@H](CCNC([2H])[2H])c2ccccc2)c(C(C)(C)C)c1C. The van der Waals surface area contributed by atoms with Crippen LogP contribution in [0, 0.1) is 20.8 Å². The number of rotatable bonds is 6. The van der Waals surface area contributed by atoms with Crippen LogP contribution in [0.3, 0.4) is 0 Å². The molecule has 2 heteroatoms. The Morgan fingerprint density at radius 2 is 1.80 bits per heavy atom. The lowest BCUT2D eigenvalue weighted by Crippen LogP contribution is -2.21. The molecule has 0 heterocycles. The summed E-state index contributed by atoms with van der Waals surface area (Å²) in [4.78, 5) is 0. The minimum Gasteiger partial charge on any atom is -0.485 e. The second kappa shape index (κ2) is 8.05. The van der Waals surface area contributed by atoms with Crippen LogP contribution in [0.25, 0.3) is 0 Å². The number of hydrogen-bond donors (Lipinski definition) is 1. The topological polar surface area (TPSA) is 21.3 Å². The Morgan fingerprint density at radius 3 is 2.40 bits per heavy atom. The van der Waals surface area contributed by atoms with Gasteiger partial charge in [0.25, 0.3) is 0 Å². The minimum absolute atomic E-state index is 0.152. The van der Waals surface area contributed by atoms with Crippen LogP contribution in [0.4, 0.5) is 0 Å². The molecular formula is C23H33NO. The summed E-state index contributed by atoms with van der Waals surface area (Å²) in [5, 5.41) is 2.85. The normalized spacial score (nSPS) is 14.8. The summed E-state index contributed by atoms with van der Waals surface area (Å²) in [6.07, 6.45) is 0.463. The highest BCUT2D eigenvalue weighted by Crippen LogP contribution is 2.40. The van der Waals surface area contributed by atoms with E-state index in [0.29, 0.717) is 19.0 Å². The maximum Gasteiger partial charge on any atom is 0.127 e. The fraction of sp³-hybridized carbons (Fsp3) is 0.478. The van der Waals surface area contributed by atoms with Gasteiger partial charge in [-0.15, -0.1) is 0 Å². The van der Waals surface area contributed by atoms with Gasteiger partial charge in [0.2, 0.25) is 0 Å². The molecule has 0 saturated heterocycles. The molecule has 2 aromatic rings. The first-order chi connectivity index (χ1) is 13.0. The molecule has 1 atom stereocenters. The number of nitrogens with one attached hydrogen (secondary N) is 1. The Balaban J connectivity index is 2.51. The molecule has 0 saturated carbocycles. The Labute approximate surface area is 157 Å². The van der Waals surface area contributed by atoms with E-state index in [0.717, 1.165) is 33.6 Å². The number of benzene rings is 2. The molecule has 0 unspecified atom stereocenters. The molecule has 2 rings (SSSR count). The molecule has 0 fully saturated rings. The van der Waals surface area contributed by atoms with Crippen molar-refractivity contribution in [2.45, 2.75) is 59.5 Å². The second-order valence-electron chi connectivity index (χ2n) is 7.71. The van der Waals surface area contributed by atoms with E-state index in [9.17, 15) is 0 Å². The Bertz CT molecular complexity index is 798. The third-order valence-electron chi connectivity index (χ3n) is 4.61. The molecule has 0 amide bonds. The smallest absolute Gasteiger partial charge is 0.127 e. The van der Waals surface area contributed by atoms with Crippen LogP contribution in [0.5, 0.6) is 5.75 Å². The summed E-state index contributed by atoms with van der Waals surface area (Å²) in [5.41, 5.74) is 4.92. The van der Waals surface area contributed by atoms with Crippen LogP contribution in [0.2, 0.25) is 0 Å². The standard InChI is InChI=1S/C23H33NO/c1-16-15-17(2)21(23(4,5)6)22(18(16)3)25-20(13-14-24-7)19-11-9-8-10-12-19/h8-12,15,20,24H,13-14H2,1-7H3/t20-/m1/s1/i7D2,15D. The number of ether oxygens (including phenoxy) is 1. The number of hydrogen-bond acceptors (Lipinski definition) is 2. The molecule has 1 N–H and O–H groups in total. The molecular weight excluding hydrogens is 306 g/mol. The first kappa shape index (κ1) is 15.5. The summed E-state index contributed by atoms with van der Waals surface area (Å²) in [7, 11) is 0.